The van der Waals surface area contributed by atoms with Crippen LogP contribution >= 0.6 is 23.1 Å². The summed E-state index contributed by atoms with van der Waals surface area (Å²) in [5.74, 6) is 1.07. The molecule has 2 aromatic heterocycles. The summed E-state index contributed by atoms with van der Waals surface area (Å²) in [6.07, 6.45) is 2.08. The van der Waals surface area contributed by atoms with E-state index in [0.717, 1.165) is 22.3 Å². The van der Waals surface area contributed by atoms with Crippen molar-refractivity contribution in [1.29, 1.82) is 0 Å². The smallest absolute Gasteiger partial charge is 0.194 e. The van der Waals surface area contributed by atoms with Crippen molar-refractivity contribution in [3.8, 4) is 0 Å². The van der Waals surface area contributed by atoms with Gasteiger partial charge in [0.2, 0.25) is 0 Å². The van der Waals surface area contributed by atoms with Crippen LogP contribution in [0.3, 0.4) is 0 Å². The third kappa shape index (κ3) is 1.67. The van der Waals surface area contributed by atoms with E-state index in [9.17, 15) is 0 Å². The summed E-state index contributed by atoms with van der Waals surface area (Å²) >= 11 is 3.49. The minimum absolute atomic E-state index is 0.875. The third-order valence-corrected chi connectivity index (χ3v) is 3.60. The monoisotopic (exact) mass is 227 g/mol. The normalized spacial score (nSPS) is 11.3. The van der Waals surface area contributed by atoms with E-state index in [1.54, 1.807) is 23.1 Å². The van der Waals surface area contributed by atoms with E-state index in [4.69, 9.17) is 0 Å². The molecule has 0 aliphatic rings. The first kappa shape index (κ1) is 10.0. The van der Waals surface area contributed by atoms with Crippen molar-refractivity contribution in [2.45, 2.75) is 18.5 Å². The molecular formula is C9H13N3S2. The van der Waals surface area contributed by atoms with E-state index in [2.05, 4.69) is 33.2 Å². The van der Waals surface area contributed by atoms with Gasteiger partial charge in [-0.1, -0.05) is 6.92 Å². The minimum Gasteiger partial charge on any atom is -0.314 e. The van der Waals surface area contributed by atoms with Crippen LogP contribution in [0, 0.1) is 0 Å². The van der Waals surface area contributed by atoms with Gasteiger partial charge in [0, 0.05) is 18.1 Å². The molecule has 0 unspecified atom stereocenters. The topological polar surface area (TPSA) is 29.3 Å². The fourth-order valence-corrected chi connectivity index (χ4v) is 2.95. The molecule has 2 rings (SSSR count). The van der Waals surface area contributed by atoms with Gasteiger partial charge in [-0.05, 0) is 12.8 Å². The number of hydrogen-bond acceptors (Lipinski definition) is 4. The molecule has 1 N–H and O–H groups in total. The molecule has 5 heteroatoms. The molecule has 0 radical (unpaired) electrons. The van der Waals surface area contributed by atoms with E-state index >= 15 is 0 Å². The van der Waals surface area contributed by atoms with Crippen molar-refractivity contribution >= 4 is 28.1 Å². The van der Waals surface area contributed by atoms with Crippen molar-refractivity contribution < 1.29 is 0 Å². The quantitative estimate of drug-likeness (QED) is 0.812. The maximum absolute atomic E-state index is 4.59. The van der Waals surface area contributed by atoms with E-state index < -0.39 is 0 Å². The Morgan fingerprint density at radius 2 is 2.50 bits per heavy atom. The van der Waals surface area contributed by atoms with Crippen molar-refractivity contribution in [2.24, 2.45) is 0 Å². The zero-order valence-corrected chi connectivity index (χ0v) is 9.91. The molecule has 0 saturated carbocycles. The van der Waals surface area contributed by atoms with Crippen LogP contribution in [0.25, 0.3) is 4.96 Å². The Morgan fingerprint density at radius 3 is 3.21 bits per heavy atom. The molecule has 0 fully saturated rings. The van der Waals surface area contributed by atoms with E-state index in [-0.39, 0.29) is 0 Å². The summed E-state index contributed by atoms with van der Waals surface area (Å²) < 4.78 is 2.17. The lowest BCUT2D eigenvalue weighted by Gasteiger charge is -2.00. The standard InChI is InChI=1S/C9H13N3S2/c1-3-13-8-7(6-10-2)12-4-5-14-9(12)11-8/h4-5,10H,3,6H2,1-2H3. The Kier molecular flexibility index (Phi) is 3.10. The highest BCUT2D eigenvalue weighted by Gasteiger charge is 2.11. The average molecular weight is 227 g/mol. The Morgan fingerprint density at radius 1 is 1.64 bits per heavy atom. The van der Waals surface area contributed by atoms with Gasteiger partial charge in [0.15, 0.2) is 4.96 Å². The third-order valence-electron chi connectivity index (χ3n) is 1.95. The van der Waals surface area contributed by atoms with Crippen LogP contribution in [-0.4, -0.2) is 22.2 Å². The van der Waals surface area contributed by atoms with Crippen molar-refractivity contribution in [2.75, 3.05) is 12.8 Å². The second-order valence-corrected chi connectivity index (χ2v) is 5.01. The molecule has 0 atom stereocenters. The molecule has 0 saturated heterocycles. The van der Waals surface area contributed by atoms with E-state index in [1.807, 2.05) is 7.05 Å². The van der Waals surface area contributed by atoms with Gasteiger partial charge < -0.3 is 5.32 Å². The summed E-state index contributed by atoms with van der Waals surface area (Å²) in [5, 5.41) is 6.41. The Hall–Kier alpha value is -0.520. The van der Waals surface area contributed by atoms with Gasteiger partial charge in [-0.25, -0.2) is 4.98 Å². The lowest BCUT2D eigenvalue weighted by atomic mass is 10.5. The Bertz CT molecular complexity index is 419. The molecule has 2 heterocycles. The number of nitrogens with zero attached hydrogens (tertiary/aromatic N) is 2. The molecule has 0 aliphatic carbocycles. The summed E-state index contributed by atoms with van der Waals surface area (Å²) in [5.41, 5.74) is 1.27. The SMILES string of the molecule is CCSc1nc2sccn2c1CNC. The van der Waals surface area contributed by atoms with Gasteiger partial charge in [0.1, 0.15) is 5.03 Å². The van der Waals surface area contributed by atoms with E-state index in [0.29, 0.717) is 0 Å². The second kappa shape index (κ2) is 4.33. The number of aromatic nitrogens is 2. The van der Waals surface area contributed by atoms with Gasteiger partial charge in [0.05, 0.1) is 5.69 Å². The van der Waals surface area contributed by atoms with Gasteiger partial charge in [0.25, 0.3) is 0 Å². The van der Waals surface area contributed by atoms with Crippen LogP contribution in [0.2, 0.25) is 0 Å². The maximum Gasteiger partial charge on any atom is 0.194 e. The number of fused-ring (bicyclic) bond motifs is 1. The summed E-state index contributed by atoms with van der Waals surface area (Å²) in [4.78, 5) is 5.67. The number of thiazole rings is 1. The number of imidazole rings is 1. The predicted molar refractivity (Wildman–Crippen MR) is 62.2 cm³/mol. The first-order valence-electron chi connectivity index (χ1n) is 4.58. The number of thioether (sulfide) groups is 1. The van der Waals surface area contributed by atoms with Crippen LogP contribution in [-0.2, 0) is 6.54 Å². The zero-order valence-electron chi connectivity index (χ0n) is 8.28. The lowest BCUT2D eigenvalue weighted by molar-refractivity contribution is 0.765. The lowest BCUT2D eigenvalue weighted by Crippen LogP contribution is -2.08. The fraction of sp³-hybridized carbons (Fsp3) is 0.444. The molecule has 0 aliphatic heterocycles. The van der Waals surface area contributed by atoms with Crippen LogP contribution in [0.15, 0.2) is 16.6 Å². The minimum atomic E-state index is 0.875. The van der Waals surface area contributed by atoms with E-state index in [1.165, 1.54) is 5.69 Å². The highest BCUT2D eigenvalue weighted by molar-refractivity contribution is 7.99. The average Bonchev–Trinajstić information content (AvgIpc) is 2.71. The zero-order chi connectivity index (χ0) is 9.97. The predicted octanol–water partition coefficient (Wildman–Crippen LogP) is 2.23. The molecule has 0 spiro atoms. The molecule has 0 bridgehead atoms. The van der Waals surface area contributed by atoms with Gasteiger partial charge in [-0.2, -0.15) is 0 Å². The first-order chi connectivity index (χ1) is 6.86. The van der Waals surface area contributed by atoms with Crippen LogP contribution in [0.4, 0.5) is 0 Å². The van der Waals surface area contributed by atoms with Crippen LogP contribution < -0.4 is 5.32 Å². The van der Waals surface area contributed by atoms with Crippen LogP contribution in [0.5, 0.6) is 0 Å². The summed E-state index contributed by atoms with van der Waals surface area (Å²) in [6.45, 7) is 3.03. The number of nitrogens with one attached hydrogen (secondary N) is 1. The largest absolute Gasteiger partial charge is 0.314 e. The first-order valence-corrected chi connectivity index (χ1v) is 6.45. The molecule has 3 nitrogen and oxygen atoms in total. The summed E-state index contributed by atoms with van der Waals surface area (Å²) in [7, 11) is 1.96. The highest BCUT2D eigenvalue weighted by atomic mass is 32.2. The molecule has 14 heavy (non-hydrogen) atoms. The molecule has 0 aromatic carbocycles. The maximum atomic E-state index is 4.59. The van der Waals surface area contributed by atoms with Crippen LogP contribution in [0.1, 0.15) is 12.6 Å². The number of hydrogen-bond donors (Lipinski definition) is 1. The molecule has 0 amide bonds. The Labute approximate surface area is 91.5 Å². The molecular weight excluding hydrogens is 214 g/mol. The van der Waals surface area contributed by atoms with Gasteiger partial charge >= 0.3 is 0 Å². The van der Waals surface area contributed by atoms with Gasteiger partial charge in [-0.3, -0.25) is 4.40 Å². The summed E-state index contributed by atoms with van der Waals surface area (Å²) in [6, 6.07) is 0. The molecule has 76 valence electrons. The van der Waals surface area contributed by atoms with Crippen molar-refractivity contribution in [3.05, 3.63) is 17.3 Å². The fourth-order valence-electron chi connectivity index (χ4n) is 1.39. The number of rotatable bonds is 4. The Balaban J connectivity index is 2.46. The second-order valence-electron chi connectivity index (χ2n) is 2.88. The van der Waals surface area contributed by atoms with Crippen molar-refractivity contribution in [3.63, 3.8) is 0 Å². The van der Waals surface area contributed by atoms with Gasteiger partial charge in [-0.15, -0.1) is 23.1 Å². The van der Waals surface area contributed by atoms with Crippen molar-refractivity contribution in [1.82, 2.24) is 14.7 Å². The molecule has 2 aromatic rings. The highest BCUT2D eigenvalue weighted by Crippen LogP contribution is 2.25.